The molecule has 0 atom stereocenters. The number of amidine groups is 1. The Morgan fingerprint density at radius 1 is 1.31 bits per heavy atom. The number of allylic oxidation sites excluding steroid dienone is 2. The molecule has 0 bridgehead atoms. The van der Waals surface area contributed by atoms with Crippen LogP contribution in [0.25, 0.3) is 0 Å². The van der Waals surface area contributed by atoms with Gasteiger partial charge in [0.2, 0.25) is 0 Å². The summed E-state index contributed by atoms with van der Waals surface area (Å²) in [7, 11) is -3.58. The van der Waals surface area contributed by atoms with Crippen LogP contribution in [-0.2, 0) is 21.2 Å². The highest BCUT2D eigenvalue weighted by Crippen LogP contribution is 2.27. The fourth-order valence-corrected chi connectivity index (χ4v) is 5.07. The van der Waals surface area contributed by atoms with Gasteiger partial charge in [-0.3, -0.25) is 10.1 Å². The Morgan fingerprint density at radius 3 is 2.97 bits per heavy atom. The summed E-state index contributed by atoms with van der Waals surface area (Å²) >= 11 is 13.5. The summed E-state index contributed by atoms with van der Waals surface area (Å²) < 4.78 is 27.4. The minimum Gasteiger partial charge on any atom is -0.331 e. The Balaban J connectivity index is 1.51. The summed E-state index contributed by atoms with van der Waals surface area (Å²) in [6, 6.07) is 5.24. The standard InChI is InChI=1S/C18H14Cl2N4O3S2/c19-12-3-4-15(20)11(8-12)9-13-10-21-18(28-13)22-17(25)14-2-1-5-24-6-7-29(26,27)23-16(14)24/h1-5,8,10H,6-7,9H2,(H,21,22,25). The molecule has 29 heavy (non-hydrogen) atoms. The third-order valence-corrected chi connectivity index (χ3v) is 6.91. The van der Waals surface area contributed by atoms with Crippen molar-refractivity contribution in [3.05, 3.63) is 68.8 Å². The molecule has 11 heteroatoms. The summed E-state index contributed by atoms with van der Waals surface area (Å²) in [5, 5.41) is 4.29. The lowest BCUT2D eigenvalue weighted by atomic mass is 10.1. The molecule has 150 valence electrons. The number of aromatic nitrogens is 1. The van der Waals surface area contributed by atoms with Crippen molar-refractivity contribution in [3.8, 4) is 0 Å². The summed E-state index contributed by atoms with van der Waals surface area (Å²) in [6.07, 6.45) is 7.09. The van der Waals surface area contributed by atoms with Crippen LogP contribution in [0.2, 0.25) is 10.0 Å². The van der Waals surface area contributed by atoms with E-state index >= 15 is 0 Å². The van der Waals surface area contributed by atoms with Crippen molar-refractivity contribution in [2.24, 2.45) is 4.40 Å². The van der Waals surface area contributed by atoms with Crippen LogP contribution < -0.4 is 5.32 Å². The van der Waals surface area contributed by atoms with Gasteiger partial charge in [0, 0.05) is 40.3 Å². The Bertz CT molecular complexity index is 1190. The van der Waals surface area contributed by atoms with Gasteiger partial charge < -0.3 is 4.90 Å². The molecule has 0 saturated heterocycles. The van der Waals surface area contributed by atoms with Gasteiger partial charge in [-0.25, -0.2) is 13.4 Å². The first-order valence-electron chi connectivity index (χ1n) is 8.49. The number of carbonyl (C=O) groups is 1. The van der Waals surface area contributed by atoms with Crippen LogP contribution in [0.15, 0.2) is 52.7 Å². The van der Waals surface area contributed by atoms with Crippen LogP contribution >= 0.6 is 34.5 Å². The Hall–Kier alpha value is -2.20. The van der Waals surface area contributed by atoms with Crippen molar-refractivity contribution < 1.29 is 13.2 Å². The molecule has 1 amide bonds. The number of rotatable bonds is 4. The fourth-order valence-electron chi connectivity index (χ4n) is 2.87. The first-order valence-corrected chi connectivity index (χ1v) is 11.7. The molecule has 2 aliphatic heterocycles. The Kier molecular flexibility index (Phi) is 5.48. The monoisotopic (exact) mass is 468 g/mol. The molecule has 0 radical (unpaired) electrons. The van der Waals surface area contributed by atoms with Crippen molar-refractivity contribution in [2.75, 3.05) is 17.6 Å². The zero-order chi connectivity index (χ0) is 20.6. The first-order chi connectivity index (χ1) is 13.8. The molecule has 0 saturated carbocycles. The summed E-state index contributed by atoms with van der Waals surface area (Å²) in [4.78, 5) is 19.5. The van der Waals surface area contributed by atoms with E-state index < -0.39 is 15.9 Å². The maximum absolute atomic E-state index is 12.7. The zero-order valence-corrected chi connectivity index (χ0v) is 17.9. The van der Waals surface area contributed by atoms with Crippen molar-refractivity contribution in [1.29, 1.82) is 0 Å². The molecule has 0 aliphatic carbocycles. The SMILES string of the molecule is O=C(Nc1ncc(Cc2cc(Cl)ccc2Cl)s1)C1=CC=CN2CCS(=O)(=O)N=C12. The second kappa shape index (κ2) is 7.91. The topological polar surface area (TPSA) is 91.7 Å². The number of hydrogen-bond donors (Lipinski definition) is 1. The molecule has 2 aromatic rings. The molecule has 2 aliphatic rings. The van der Waals surface area contributed by atoms with E-state index in [9.17, 15) is 13.2 Å². The smallest absolute Gasteiger partial charge is 0.261 e. The molecule has 1 N–H and O–H groups in total. The quantitative estimate of drug-likeness (QED) is 0.741. The maximum atomic E-state index is 12.7. The minimum atomic E-state index is -3.58. The highest BCUT2D eigenvalue weighted by Gasteiger charge is 2.30. The number of sulfonamides is 1. The van der Waals surface area contributed by atoms with Crippen LogP contribution in [0.5, 0.6) is 0 Å². The number of nitrogens with one attached hydrogen (secondary N) is 1. The van der Waals surface area contributed by atoms with Crippen LogP contribution in [0.1, 0.15) is 10.4 Å². The van der Waals surface area contributed by atoms with Gasteiger partial charge in [-0.2, -0.15) is 0 Å². The van der Waals surface area contributed by atoms with E-state index in [2.05, 4.69) is 14.7 Å². The van der Waals surface area contributed by atoms with Crippen LogP contribution in [0.3, 0.4) is 0 Å². The van der Waals surface area contributed by atoms with E-state index in [-0.39, 0.29) is 23.7 Å². The molecule has 7 nitrogen and oxygen atoms in total. The van der Waals surface area contributed by atoms with Crippen LogP contribution in [0.4, 0.5) is 5.13 Å². The van der Waals surface area contributed by atoms with Gasteiger partial charge in [-0.15, -0.1) is 15.7 Å². The van der Waals surface area contributed by atoms with Crippen molar-refractivity contribution in [1.82, 2.24) is 9.88 Å². The van der Waals surface area contributed by atoms with Crippen LogP contribution in [-0.4, -0.2) is 42.3 Å². The number of anilines is 1. The average Bonchev–Trinajstić information content (AvgIpc) is 3.10. The summed E-state index contributed by atoms with van der Waals surface area (Å²) in [6.45, 7) is 0.254. The normalized spacial score (nSPS) is 17.4. The lowest BCUT2D eigenvalue weighted by molar-refractivity contribution is -0.112. The van der Waals surface area contributed by atoms with Gasteiger partial charge in [-0.1, -0.05) is 23.2 Å². The molecule has 0 spiro atoms. The largest absolute Gasteiger partial charge is 0.331 e. The predicted octanol–water partition coefficient (Wildman–Crippen LogP) is 3.48. The molecule has 0 fully saturated rings. The molecule has 1 aromatic heterocycles. The van der Waals surface area contributed by atoms with Crippen molar-refractivity contribution >= 4 is 61.4 Å². The number of amides is 1. The van der Waals surface area contributed by atoms with Crippen molar-refractivity contribution in [3.63, 3.8) is 0 Å². The Labute approximate surface area is 181 Å². The van der Waals surface area contributed by atoms with E-state index in [1.165, 1.54) is 17.4 Å². The number of fused-ring (bicyclic) bond motifs is 1. The van der Waals surface area contributed by atoms with E-state index in [1.807, 2.05) is 0 Å². The minimum absolute atomic E-state index is 0.0857. The van der Waals surface area contributed by atoms with E-state index in [4.69, 9.17) is 23.2 Å². The number of hydrogen-bond acceptors (Lipinski definition) is 6. The third kappa shape index (κ3) is 4.53. The average molecular weight is 469 g/mol. The van der Waals surface area contributed by atoms with Gasteiger partial charge in [0.25, 0.3) is 15.9 Å². The second-order valence-electron chi connectivity index (χ2n) is 6.31. The summed E-state index contributed by atoms with van der Waals surface area (Å²) in [5.41, 5.74) is 1.03. The fraction of sp³-hybridized carbons (Fsp3) is 0.167. The van der Waals surface area contributed by atoms with Gasteiger partial charge in [-0.05, 0) is 35.9 Å². The molecule has 3 heterocycles. The lowest BCUT2D eigenvalue weighted by Gasteiger charge is -2.28. The number of halogens is 2. The zero-order valence-electron chi connectivity index (χ0n) is 14.8. The lowest BCUT2D eigenvalue weighted by Crippen LogP contribution is -2.40. The maximum Gasteiger partial charge on any atom is 0.261 e. The molecule has 1 aromatic carbocycles. The summed E-state index contributed by atoms with van der Waals surface area (Å²) in [5.74, 6) is -0.437. The predicted molar refractivity (Wildman–Crippen MR) is 115 cm³/mol. The molecule has 0 unspecified atom stereocenters. The Morgan fingerprint density at radius 2 is 2.14 bits per heavy atom. The first kappa shape index (κ1) is 20.1. The highest BCUT2D eigenvalue weighted by atomic mass is 35.5. The highest BCUT2D eigenvalue weighted by molar-refractivity contribution is 7.90. The number of benzene rings is 1. The third-order valence-electron chi connectivity index (χ3n) is 4.25. The van der Waals surface area contributed by atoms with Crippen molar-refractivity contribution in [2.45, 2.75) is 6.42 Å². The molecule has 4 rings (SSSR count). The number of thiazole rings is 1. The molecular formula is C18H14Cl2N4O3S2. The van der Waals surface area contributed by atoms with Gasteiger partial charge in [0.1, 0.15) is 0 Å². The van der Waals surface area contributed by atoms with Gasteiger partial charge in [0.05, 0.1) is 11.3 Å². The second-order valence-corrected chi connectivity index (χ2v) is 10.0. The number of nitrogens with zero attached hydrogens (tertiary/aromatic N) is 3. The van der Waals surface area contributed by atoms with E-state index in [0.29, 0.717) is 21.6 Å². The van der Waals surface area contributed by atoms with Gasteiger partial charge in [0.15, 0.2) is 11.0 Å². The van der Waals surface area contributed by atoms with E-state index in [0.717, 1.165) is 10.4 Å². The van der Waals surface area contributed by atoms with Gasteiger partial charge >= 0.3 is 0 Å². The number of carbonyl (C=O) groups excluding carboxylic acids is 1. The van der Waals surface area contributed by atoms with Crippen LogP contribution in [0, 0.1) is 0 Å². The molecular weight excluding hydrogens is 455 g/mol. The van der Waals surface area contributed by atoms with E-state index in [1.54, 1.807) is 41.6 Å².